The molecule has 7 heteroatoms. The van der Waals surface area contributed by atoms with Crippen LogP contribution in [0.4, 0.5) is 4.79 Å². The fourth-order valence-corrected chi connectivity index (χ4v) is 4.45. The molecule has 1 aromatic heterocycles. The first-order valence-corrected chi connectivity index (χ1v) is 11.7. The molecule has 1 saturated heterocycles. The van der Waals surface area contributed by atoms with Crippen LogP contribution in [0.1, 0.15) is 36.2 Å². The van der Waals surface area contributed by atoms with E-state index in [-0.39, 0.29) is 18.0 Å². The zero-order valence-corrected chi connectivity index (χ0v) is 19.9. The first-order chi connectivity index (χ1) is 15.9. The number of ether oxygens (including phenoxy) is 1. The van der Waals surface area contributed by atoms with Gasteiger partial charge >= 0.3 is 6.09 Å². The van der Waals surface area contributed by atoms with Crippen LogP contribution in [0.3, 0.4) is 0 Å². The molecule has 0 radical (unpaired) electrons. The fraction of sp³-hybridized carbons (Fsp3) is 0.346. The lowest BCUT2D eigenvalue weighted by Crippen LogP contribution is -2.55. The molecule has 0 aliphatic carbocycles. The number of benzene rings is 2. The molecule has 1 aliphatic heterocycles. The van der Waals surface area contributed by atoms with Gasteiger partial charge in [-0.1, -0.05) is 54.9 Å². The van der Waals surface area contributed by atoms with Crippen LogP contribution in [0.5, 0.6) is 0 Å². The van der Waals surface area contributed by atoms with Gasteiger partial charge in [0.05, 0.1) is 22.8 Å². The molecule has 0 saturated carbocycles. The van der Waals surface area contributed by atoms with Crippen molar-refractivity contribution in [3.05, 3.63) is 64.7 Å². The predicted molar refractivity (Wildman–Crippen MR) is 131 cm³/mol. The summed E-state index contributed by atoms with van der Waals surface area (Å²) >= 11 is 6.68. The topological polar surface area (TPSA) is 62.7 Å². The van der Waals surface area contributed by atoms with E-state index in [9.17, 15) is 9.59 Å². The standard InChI is InChI=1S/C26H28ClN3O3/c1-4-14-33-26(32)30-13-12-29(16-17(30)2)25(31)20-10-11-21-22(15-20)28-24(18(3)23(21)27)19-8-6-5-7-9-19/h5-11,15,17H,4,12-14,16H2,1-3H3. The Hall–Kier alpha value is -3.12. The maximum absolute atomic E-state index is 13.3. The Morgan fingerprint density at radius 2 is 1.91 bits per heavy atom. The highest BCUT2D eigenvalue weighted by molar-refractivity contribution is 6.36. The Kier molecular flexibility index (Phi) is 6.84. The lowest BCUT2D eigenvalue weighted by Gasteiger charge is -2.39. The third kappa shape index (κ3) is 4.67. The highest BCUT2D eigenvalue weighted by Crippen LogP contribution is 2.33. The minimum Gasteiger partial charge on any atom is -0.449 e. The summed E-state index contributed by atoms with van der Waals surface area (Å²) < 4.78 is 5.26. The largest absolute Gasteiger partial charge is 0.449 e. The molecule has 1 aliphatic rings. The van der Waals surface area contributed by atoms with Gasteiger partial charge in [-0.2, -0.15) is 0 Å². The number of carbonyl (C=O) groups excluding carboxylic acids is 2. The van der Waals surface area contributed by atoms with Crippen LogP contribution in [0.2, 0.25) is 5.02 Å². The number of fused-ring (bicyclic) bond motifs is 1. The number of amides is 2. The average Bonchev–Trinajstić information content (AvgIpc) is 2.84. The van der Waals surface area contributed by atoms with E-state index in [0.717, 1.165) is 28.6 Å². The Balaban J connectivity index is 1.58. The van der Waals surface area contributed by atoms with E-state index in [2.05, 4.69) is 0 Å². The Morgan fingerprint density at radius 3 is 2.61 bits per heavy atom. The third-order valence-electron chi connectivity index (χ3n) is 6.02. The number of nitrogens with zero attached hydrogens (tertiary/aromatic N) is 3. The first-order valence-electron chi connectivity index (χ1n) is 11.3. The number of piperazine rings is 1. The summed E-state index contributed by atoms with van der Waals surface area (Å²) in [6, 6.07) is 15.2. The molecule has 2 heterocycles. The summed E-state index contributed by atoms with van der Waals surface area (Å²) in [6.45, 7) is 7.62. The molecule has 6 nitrogen and oxygen atoms in total. The zero-order valence-electron chi connectivity index (χ0n) is 19.2. The Morgan fingerprint density at radius 1 is 1.15 bits per heavy atom. The van der Waals surface area contributed by atoms with Crippen LogP contribution in [-0.2, 0) is 4.74 Å². The van der Waals surface area contributed by atoms with Gasteiger partial charge < -0.3 is 14.5 Å². The Bertz CT molecular complexity index is 1180. The van der Waals surface area contributed by atoms with Crippen molar-refractivity contribution in [2.45, 2.75) is 33.2 Å². The van der Waals surface area contributed by atoms with Gasteiger partial charge in [0.2, 0.25) is 0 Å². The van der Waals surface area contributed by atoms with Crippen LogP contribution in [0.15, 0.2) is 48.5 Å². The van der Waals surface area contributed by atoms with E-state index in [4.69, 9.17) is 21.3 Å². The molecular weight excluding hydrogens is 438 g/mol. The van der Waals surface area contributed by atoms with Crippen LogP contribution in [0, 0.1) is 6.92 Å². The minimum atomic E-state index is -0.315. The maximum atomic E-state index is 13.3. The number of halogens is 1. The second kappa shape index (κ2) is 9.79. The monoisotopic (exact) mass is 465 g/mol. The number of rotatable bonds is 4. The molecule has 2 aromatic carbocycles. The third-order valence-corrected chi connectivity index (χ3v) is 6.51. The lowest BCUT2D eigenvalue weighted by molar-refractivity contribution is 0.0412. The quantitative estimate of drug-likeness (QED) is 0.506. The second-order valence-electron chi connectivity index (χ2n) is 8.41. The van der Waals surface area contributed by atoms with Crippen LogP contribution in [0.25, 0.3) is 22.2 Å². The Labute approximate surface area is 199 Å². The average molecular weight is 466 g/mol. The van der Waals surface area contributed by atoms with Crippen molar-refractivity contribution < 1.29 is 14.3 Å². The molecule has 1 atom stereocenters. The van der Waals surface area contributed by atoms with E-state index in [0.29, 0.717) is 42.3 Å². The molecule has 172 valence electrons. The van der Waals surface area contributed by atoms with E-state index in [1.54, 1.807) is 15.9 Å². The lowest BCUT2D eigenvalue weighted by atomic mass is 10.0. The zero-order chi connectivity index (χ0) is 23.5. The fourth-order valence-electron chi connectivity index (χ4n) is 4.20. The van der Waals surface area contributed by atoms with Gasteiger partial charge in [0.25, 0.3) is 5.91 Å². The van der Waals surface area contributed by atoms with Gasteiger partial charge in [0.1, 0.15) is 0 Å². The number of hydrogen-bond acceptors (Lipinski definition) is 4. The molecule has 0 spiro atoms. The van der Waals surface area contributed by atoms with Crippen molar-refractivity contribution >= 4 is 34.5 Å². The van der Waals surface area contributed by atoms with Gasteiger partial charge in [-0.15, -0.1) is 0 Å². The normalized spacial score (nSPS) is 16.2. The molecule has 33 heavy (non-hydrogen) atoms. The van der Waals surface area contributed by atoms with Crippen molar-refractivity contribution in [1.82, 2.24) is 14.8 Å². The highest BCUT2D eigenvalue weighted by Gasteiger charge is 2.31. The van der Waals surface area contributed by atoms with Gasteiger partial charge in [-0.05, 0) is 38.0 Å². The molecular formula is C26H28ClN3O3. The van der Waals surface area contributed by atoms with Gasteiger partial charge in [-0.3, -0.25) is 4.79 Å². The van der Waals surface area contributed by atoms with E-state index >= 15 is 0 Å². The van der Waals surface area contributed by atoms with E-state index in [1.807, 2.05) is 63.2 Å². The number of pyridine rings is 1. The molecule has 0 bridgehead atoms. The van der Waals surface area contributed by atoms with Gasteiger partial charge in [-0.25, -0.2) is 9.78 Å². The van der Waals surface area contributed by atoms with E-state index in [1.165, 1.54) is 0 Å². The summed E-state index contributed by atoms with van der Waals surface area (Å²) in [7, 11) is 0. The SMILES string of the molecule is CCCOC(=O)N1CCN(C(=O)c2ccc3c(Cl)c(C)c(-c4ccccc4)nc3c2)CC1C. The molecule has 0 N–H and O–H groups in total. The second-order valence-corrected chi connectivity index (χ2v) is 8.78. The van der Waals surface area contributed by atoms with Gasteiger partial charge in [0.15, 0.2) is 0 Å². The van der Waals surface area contributed by atoms with Crippen molar-refractivity contribution in [1.29, 1.82) is 0 Å². The van der Waals surface area contributed by atoms with Crippen molar-refractivity contribution in [3.63, 3.8) is 0 Å². The number of carbonyl (C=O) groups is 2. The molecule has 1 fully saturated rings. The summed E-state index contributed by atoms with van der Waals surface area (Å²) in [6.07, 6.45) is 0.467. The van der Waals surface area contributed by atoms with Gasteiger partial charge in [0, 0.05) is 42.2 Å². The minimum absolute atomic E-state index is 0.0786. The molecule has 4 rings (SSSR count). The number of aromatic nitrogens is 1. The molecule has 1 unspecified atom stereocenters. The highest BCUT2D eigenvalue weighted by atomic mass is 35.5. The predicted octanol–water partition coefficient (Wildman–Crippen LogP) is 5.56. The first kappa shape index (κ1) is 23.1. The maximum Gasteiger partial charge on any atom is 0.410 e. The summed E-state index contributed by atoms with van der Waals surface area (Å²) in [5.74, 6) is -0.0786. The smallest absolute Gasteiger partial charge is 0.410 e. The molecule has 3 aromatic rings. The van der Waals surface area contributed by atoms with Crippen molar-refractivity contribution in [3.8, 4) is 11.3 Å². The van der Waals surface area contributed by atoms with Crippen molar-refractivity contribution in [2.24, 2.45) is 0 Å². The molecule has 2 amide bonds. The number of hydrogen-bond donors (Lipinski definition) is 0. The summed E-state index contributed by atoms with van der Waals surface area (Å²) in [4.78, 5) is 33.8. The van der Waals surface area contributed by atoms with E-state index < -0.39 is 0 Å². The van der Waals surface area contributed by atoms with Crippen LogP contribution < -0.4 is 0 Å². The van der Waals surface area contributed by atoms with Crippen molar-refractivity contribution in [2.75, 3.05) is 26.2 Å². The van der Waals surface area contributed by atoms with Crippen LogP contribution >= 0.6 is 11.6 Å². The van der Waals surface area contributed by atoms with Crippen LogP contribution in [-0.4, -0.2) is 59.1 Å². The summed E-state index contributed by atoms with van der Waals surface area (Å²) in [5, 5.41) is 1.47. The summed E-state index contributed by atoms with van der Waals surface area (Å²) in [5.41, 5.74) is 3.95.